The molecule has 0 radical (unpaired) electrons. The molecule has 200 valence electrons. The van der Waals surface area contributed by atoms with Crippen molar-refractivity contribution in [2.75, 3.05) is 37.7 Å². The van der Waals surface area contributed by atoms with E-state index in [1.165, 1.54) is 42.5 Å². The number of H-pyrrole nitrogens is 1. The van der Waals surface area contributed by atoms with Crippen molar-refractivity contribution in [1.82, 2.24) is 9.88 Å². The van der Waals surface area contributed by atoms with Crippen LogP contribution in [0.2, 0.25) is 0 Å². The number of rotatable bonds is 5. The van der Waals surface area contributed by atoms with Gasteiger partial charge in [0.1, 0.15) is 0 Å². The molecule has 5 aliphatic rings. The zero-order valence-corrected chi connectivity index (χ0v) is 22.2. The number of amides is 1. The number of nitrogens with one attached hydrogen (secondary N) is 1. The first kappa shape index (κ1) is 24.1. The Bertz CT molecular complexity index is 1200. The van der Waals surface area contributed by atoms with E-state index in [4.69, 9.17) is 9.47 Å². The molecule has 5 heterocycles. The summed E-state index contributed by atoms with van der Waals surface area (Å²) in [5.74, 6) is 0.831. The molecule has 7 rings (SSSR count). The summed E-state index contributed by atoms with van der Waals surface area (Å²) >= 11 is 0. The second-order valence-corrected chi connectivity index (χ2v) is 12.1. The summed E-state index contributed by atoms with van der Waals surface area (Å²) in [6.07, 6.45) is 17.5. The SMILES string of the molecule is O=C(C1CCN(c2ccc(-c3c[nH]c(C4=COC=CC4C4CCCCO4)c3)cc2)CC1)N1CC2(CCC2)C1. The third-order valence-corrected chi connectivity index (χ3v) is 9.72. The minimum atomic E-state index is 0.206. The zero-order chi connectivity index (χ0) is 25.5. The third-order valence-electron chi connectivity index (χ3n) is 9.72. The van der Waals surface area contributed by atoms with Gasteiger partial charge in [-0.2, -0.15) is 0 Å². The van der Waals surface area contributed by atoms with Crippen molar-refractivity contribution >= 4 is 17.2 Å². The molecule has 6 heteroatoms. The maximum absolute atomic E-state index is 13.0. The Kier molecular flexibility index (Phi) is 6.31. The highest BCUT2D eigenvalue weighted by molar-refractivity contribution is 5.80. The van der Waals surface area contributed by atoms with Gasteiger partial charge < -0.3 is 24.3 Å². The van der Waals surface area contributed by atoms with Gasteiger partial charge in [-0.25, -0.2) is 0 Å². The van der Waals surface area contributed by atoms with Gasteiger partial charge in [-0.3, -0.25) is 4.79 Å². The van der Waals surface area contributed by atoms with Gasteiger partial charge in [0.05, 0.1) is 18.6 Å². The first-order valence-electron chi connectivity index (χ1n) is 14.6. The molecular weight excluding hydrogens is 474 g/mol. The molecule has 0 bridgehead atoms. The number of aromatic nitrogens is 1. The van der Waals surface area contributed by atoms with Crippen LogP contribution in [-0.2, 0) is 14.3 Å². The fraction of sp³-hybridized carbons (Fsp3) is 0.531. The van der Waals surface area contributed by atoms with E-state index in [1.54, 1.807) is 6.26 Å². The molecule has 1 amide bonds. The predicted octanol–water partition coefficient (Wildman–Crippen LogP) is 5.98. The number of benzene rings is 1. The van der Waals surface area contributed by atoms with Gasteiger partial charge in [0.15, 0.2) is 0 Å². The zero-order valence-electron chi connectivity index (χ0n) is 22.2. The fourth-order valence-electron chi connectivity index (χ4n) is 7.19. The molecule has 6 nitrogen and oxygen atoms in total. The summed E-state index contributed by atoms with van der Waals surface area (Å²) in [4.78, 5) is 21.0. The molecule has 2 aromatic rings. The molecule has 1 aromatic heterocycles. The van der Waals surface area contributed by atoms with E-state index in [1.807, 2.05) is 6.26 Å². The predicted molar refractivity (Wildman–Crippen MR) is 149 cm³/mol. The van der Waals surface area contributed by atoms with Crippen molar-refractivity contribution in [2.24, 2.45) is 17.3 Å². The van der Waals surface area contributed by atoms with Crippen LogP contribution in [0.15, 0.2) is 55.1 Å². The lowest BCUT2D eigenvalue weighted by atomic mass is 9.63. The maximum Gasteiger partial charge on any atom is 0.225 e. The highest BCUT2D eigenvalue weighted by atomic mass is 16.5. The average Bonchev–Trinajstić information content (AvgIpc) is 3.42. The van der Waals surface area contributed by atoms with E-state index in [0.717, 1.165) is 69.7 Å². The van der Waals surface area contributed by atoms with E-state index in [9.17, 15) is 4.79 Å². The number of aromatic amines is 1. The number of nitrogens with zero attached hydrogens (tertiary/aromatic N) is 2. The van der Waals surface area contributed by atoms with Crippen LogP contribution in [-0.4, -0.2) is 54.7 Å². The first-order valence-corrected chi connectivity index (χ1v) is 14.6. The van der Waals surface area contributed by atoms with Crippen LogP contribution >= 0.6 is 0 Å². The summed E-state index contributed by atoms with van der Waals surface area (Å²) in [5, 5.41) is 0. The molecule has 1 aromatic carbocycles. The largest absolute Gasteiger partial charge is 0.473 e. The normalized spacial score (nSPS) is 26.9. The molecule has 1 saturated carbocycles. The van der Waals surface area contributed by atoms with Crippen molar-refractivity contribution in [1.29, 1.82) is 0 Å². The number of carbonyl (C=O) groups excluding carboxylic acids is 1. The average molecular weight is 514 g/mol. The van der Waals surface area contributed by atoms with Crippen LogP contribution in [0.25, 0.3) is 16.7 Å². The van der Waals surface area contributed by atoms with Crippen LogP contribution < -0.4 is 4.90 Å². The maximum atomic E-state index is 13.0. The molecule has 4 aliphatic heterocycles. The number of piperidine rings is 1. The first-order chi connectivity index (χ1) is 18.7. The lowest BCUT2D eigenvalue weighted by Crippen LogP contribution is -2.62. The Morgan fingerprint density at radius 2 is 1.79 bits per heavy atom. The fourth-order valence-corrected chi connectivity index (χ4v) is 7.19. The van der Waals surface area contributed by atoms with E-state index in [0.29, 0.717) is 11.3 Å². The van der Waals surface area contributed by atoms with Gasteiger partial charge in [0.25, 0.3) is 0 Å². The second kappa shape index (κ2) is 9.96. The number of hydrogen-bond acceptors (Lipinski definition) is 4. The standard InChI is InChI=1S/C32H39N3O3/c36-31(35-21-32(22-35)12-3-13-32)24-9-14-34(15-10-24)26-7-5-23(6-8-26)25-18-29(33-19-25)28-20-37-17-11-27(28)30-4-1-2-16-38-30/h5-8,11,17-20,24,27,30,33H,1-4,9-10,12-16,21-22H2. The van der Waals surface area contributed by atoms with Crippen molar-refractivity contribution < 1.29 is 14.3 Å². The third kappa shape index (κ3) is 4.47. The second-order valence-electron chi connectivity index (χ2n) is 12.1. The van der Waals surface area contributed by atoms with Crippen molar-refractivity contribution in [2.45, 2.75) is 57.5 Å². The van der Waals surface area contributed by atoms with Crippen molar-refractivity contribution in [3.05, 3.63) is 60.8 Å². The Labute approximate surface area is 225 Å². The summed E-state index contributed by atoms with van der Waals surface area (Å²) in [6, 6.07) is 11.1. The van der Waals surface area contributed by atoms with E-state index >= 15 is 0 Å². The molecule has 1 spiro atoms. The molecule has 1 N–H and O–H groups in total. The Morgan fingerprint density at radius 1 is 0.974 bits per heavy atom. The lowest BCUT2D eigenvalue weighted by molar-refractivity contribution is -0.154. The monoisotopic (exact) mass is 513 g/mol. The number of hydrogen-bond donors (Lipinski definition) is 1. The van der Waals surface area contributed by atoms with Gasteiger partial charge in [0.2, 0.25) is 5.91 Å². The Balaban J connectivity index is 0.965. The summed E-state index contributed by atoms with van der Waals surface area (Å²) in [6.45, 7) is 4.79. The number of carbonyl (C=O) groups is 1. The van der Waals surface area contributed by atoms with Gasteiger partial charge in [-0.1, -0.05) is 18.6 Å². The number of anilines is 1. The smallest absolute Gasteiger partial charge is 0.225 e. The van der Waals surface area contributed by atoms with Crippen LogP contribution in [0.1, 0.15) is 57.1 Å². The van der Waals surface area contributed by atoms with Crippen LogP contribution in [0.4, 0.5) is 5.69 Å². The van der Waals surface area contributed by atoms with Crippen LogP contribution in [0, 0.1) is 17.3 Å². The van der Waals surface area contributed by atoms with Crippen molar-refractivity contribution in [3.63, 3.8) is 0 Å². The minimum absolute atomic E-state index is 0.206. The lowest BCUT2D eigenvalue weighted by Gasteiger charge is -2.56. The Hall–Kier alpha value is -2.99. The van der Waals surface area contributed by atoms with E-state index < -0.39 is 0 Å². The molecule has 3 saturated heterocycles. The summed E-state index contributed by atoms with van der Waals surface area (Å²) in [5.41, 5.74) is 6.37. The highest BCUT2D eigenvalue weighted by Gasteiger charge is 2.49. The van der Waals surface area contributed by atoms with Gasteiger partial charge in [-0.15, -0.1) is 0 Å². The molecule has 4 fully saturated rings. The van der Waals surface area contributed by atoms with Crippen LogP contribution in [0.3, 0.4) is 0 Å². The molecule has 38 heavy (non-hydrogen) atoms. The molecule has 1 aliphatic carbocycles. The van der Waals surface area contributed by atoms with E-state index in [2.05, 4.69) is 57.4 Å². The van der Waals surface area contributed by atoms with Crippen molar-refractivity contribution in [3.8, 4) is 11.1 Å². The summed E-state index contributed by atoms with van der Waals surface area (Å²) < 4.78 is 11.7. The quantitative estimate of drug-likeness (QED) is 0.534. The van der Waals surface area contributed by atoms with Crippen LogP contribution in [0.5, 0.6) is 0 Å². The van der Waals surface area contributed by atoms with Gasteiger partial charge >= 0.3 is 0 Å². The molecule has 2 atom stereocenters. The van der Waals surface area contributed by atoms with Gasteiger partial charge in [0, 0.05) is 73.2 Å². The Morgan fingerprint density at radius 3 is 2.50 bits per heavy atom. The molecular formula is C32H39N3O3. The van der Waals surface area contributed by atoms with Gasteiger partial charge in [-0.05, 0) is 80.3 Å². The highest BCUT2D eigenvalue weighted by Crippen LogP contribution is 2.48. The number of ether oxygens (including phenoxy) is 2. The van der Waals surface area contributed by atoms with E-state index in [-0.39, 0.29) is 17.9 Å². The summed E-state index contributed by atoms with van der Waals surface area (Å²) in [7, 11) is 0. The molecule has 2 unspecified atom stereocenters. The topological polar surface area (TPSA) is 57.8 Å². The number of likely N-dealkylation sites (tertiary alicyclic amines) is 1. The minimum Gasteiger partial charge on any atom is -0.473 e.